The summed E-state index contributed by atoms with van der Waals surface area (Å²) >= 11 is 0. The van der Waals surface area contributed by atoms with Crippen LogP contribution in [0.25, 0.3) is 0 Å². The van der Waals surface area contributed by atoms with E-state index in [0.717, 1.165) is 37.0 Å². The van der Waals surface area contributed by atoms with Crippen molar-refractivity contribution in [2.24, 2.45) is 0 Å². The second-order valence-corrected chi connectivity index (χ2v) is 9.26. The highest BCUT2D eigenvalue weighted by molar-refractivity contribution is 7.91. The van der Waals surface area contributed by atoms with Crippen LogP contribution in [0.4, 0.5) is 0 Å². The average molecular weight is 369 g/mol. The maximum atomic E-state index is 13.1. The normalized spacial score (nSPS) is 28.6. The van der Waals surface area contributed by atoms with Crippen LogP contribution in [0.5, 0.6) is 0 Å². The van der Waals surface area contributed by atoms with Crippen molar-refractivity contribution < 1.29 is 22.8 Å². The first-order valence-electron chi connectivity index (χ1n) is 8.84. The maximum absolute atomic E-state index is 13.1. The molecule has 2 aliphatic heterocycles. The fraction of sp³-hybridized carbons (Fsp3) is 0.750. The molecule has 0 aromatic carbocycles. The summed E-state index contributed by atoms with van der Waals surface area (Å²) in [4.78, 5) is 16.7. The molecule has 2 fully saturated rings. The topological polar surface area (TPSA) is 104 Å². The summed E-state index contributed by atoms with van der Waals surface area (Å²) in [6.07, 6.45) is 3.65. The van der Waals surface area contributed by atoms with Gasteiger partial charge in [0.15, 0.2) is 15.5 Å². The lowest BCUT2D eigenvalue weighted by Crippen LogP contribution is -2.61. The van der Waals surface area contributed by atoms with Crippen LogP contribution in [0.15, 0.2) is 4.52 Å². The van der Waals surface area contributed by atoms with Gasteiger partial charge in [0.1, 0.15) is 5.76 Å². The predicted molar refractivity (Wildman–Crippen MR) is 89.1 cm³/mol. The van der Waals surface area contributed by atoms with Gasteiger partial charge in [-0.15, -0.1) is 0 Å². The van der Waals surface area contributed by atoms with Gasteiger partial charge in [0.25, 0.3) is 5.91 Å². The molecule has 8 nitrogen and oxygen atoms in total. The number of sulfone groups is 1. The molecule has 1 aliphatic carbocycles. The van der Waals surface area contributed by atoms with Gasteiger partial charge in [-0.05, 0) is 19.3 Å². The standard InChI is InChI=1S/C16H23N3O5S/c20-8-7-18-5-6-19(13-10-25(22,23)9-12(13)18)16(21)15-11-3-1-2-4-14(11)24-17-15/h12-13,20H,1-10H2/t12-,13+/m1/s1. The number of β-amino-alcohol motifs (C(OH)–C–C–N with tert-alkyl or cyclic N) is 1. The molecule has 0 radical (unpaired) electrons. The zero-order chi connectivity index (χ0) is 17.6. The van der Waals surface area contributed by atoms with Crippen molar-refractivity contribution in [2.45, 2.75) is 37.8 Å². The first kappa shape index (κ1) is 17.0. The Kier molecular flexibility index (Phi) is 4.33. The zero-order valence-electron chi connectivity index (χ0n) is 14.1. The second-order valence-electron chi connectivity index (χ2n) is 7.11. The molecule has 1 aromatic heterocycles. The van der Waals surface area contributed by atoms with Crippen molar-refractivity contribution in [2.75, 3.05) is 37.7 Å². The smallest absolute Gasteiger partial charge is 0.276 e. The third kappa shape index (κ3) is 2.98. The first-order chi connectivity index (χ1) is 12.0. The number of aromatic nitrogens is 1. The molecule has 138 valence electrons. The lowest BCUT2D eigenvalue weighted by molar-refractivity contribution is 0.0273. The van der Waals surface area contributed by atoms with Crippen LogP contribution in [0, 0.1) is 0 Å². The quantitative estimate of drug-likeness (QED) is 0.764. The Balaban J connectivity index is 1.62. The third-order valence-electron chi connectivity index (χ3n) is 5.59. The van der Waals surface area contributed by atoms with Gasteiger partial charge in [0, 0.05) is 37.7 Å². The number of hydrogen-bond acceptors (Lipinski definition) is 7. The molecule has 4 rings (SSSR count). The highest BCUT2D eigenvalue weighted by atomic mass is 32.2. The molecule has 1 N–H and O–H groups in total. The van der Waals surface area contributed by atoms with Crippen LogP contribution in [-0.4, -0.2) is 84.2 Å². The van der Waals surface area contributed by atoms with Crippen molar-refractivity contribution in [1.29, 1.82) is 0 Å². The largest absolute Gasteiger partial charge is 0.395 e. The van der Waals surface area contributed by atoms with Crippen LogP contribution in [0.2, 0.25) is 0 Å². The van der Waals surface area contributed by atoms with Crippen LogP contribution >= 0.6 is 0 Å². The highest BCUT2D eigenvalue weighted by Gasteiger charge is 2.48. The number of aryl methyl sites for hydroxylation is 1. The fourth-order valence-electron chi connectivity index (χ4n) is 4.37. The van der Waals surface area contributed by atoms with Crippen LogP contribution < -0.4 is 0 Å². The minimum atomic E-state index is -3.19. The van der Waals surface area contributed by atoms with Crippen molar-refractivity contribution in [1.82, 2.24) is 15.0 Å². The molecular weight excluding hydrogens is 346 g/mol. The number of nitrogens with zero attached hydrogens (tertiary/aromatic N) is 3. The van der Waals surface area contributed by atoms with E-state index < -0.39 is 9.84 Å². The lowest BCUT2D eigenvalue weighted by Gasteiger charge is -2.43. The molecule has 1 amide bonds. The molecule has 0 bridgehead atoms. The highest BCUT2D eigenvalue weighted by Crippen LogP contribution is 2.30. The molecule has 3 heterocycles. The van der Waals surface area contributed by atoms with E-state index >= 15 is 0 Å². The average Bonchev–Trinajstić information content (AvgIpc) is 3.15. The van der Waals surface area contributed by atoms with Crippen LogP contribution in [-0.2, 0) is 22.7 Å². The van der Waals surface area contributed by atoms with E-state index in [1.54, 1.807) is 4.90 Å². The Morgan fingerprint density at radius 1 is 1.20 bits per heavy atom. The van der Waals surface area contributed by atoms with Crippen molar-refractivity contribution in [3.8, 4) is 0 Å². The van der Waals surface area contributed by atoms with Gasteiger partial charge >= 0.3 is 0 Å². The summed E-state index contributed by atoms with van der Waals surface area (Å²) in [5.41, 5.74) is 1.25. The summed E-state index contributed by atoms with van der Waals surface area (Å²) < 4.78 is 29.7. The van der Waals surface area contributed by atoms with Gasteiger partial charge in [-0.25, -0.2) is 8.42 Å². The number of rotatable bonds is 3. The van der Waals surface area contributed by atoms with Gasteiger partial charge < -0.3 is 14.5 Å². The van der Waals surface area contributed by atoms with Gasteiger partial charge in [0.2, 0.25) is 0 Å². The second kappa shape index (κ2) is 6.37. The summed E-state index contributed by atoms with van der Waals surface area (Å²) in [5, 5.41) is 13.2. The Hall–Kier alpha value is -1.45. The van der Waals surface area contributed by atoms with Crippen molar-refractivity contribution in [3.05, 3.63) is 17.0 Å². The Morgan fingerprint density at radius 3 is 2.76 bits per heavy atom. The summed E-state index contributed by atoms with van der Waals surface area (Å²) in [6, 6.07) is -0.633. The third-order valence-corrected chi connectivity index (χ3v) is 7.29. The van der Waals surface area contributed by atoms with E-state index in [1.165, 1.54) is 0 Å². The zero-order valence-corrected chi connectivity index (χ0v) is 14.9. The van der Waals surface area contributed by atoms with E-state index in [-0.39, 0.29) is 36.1 Å². The van der Waals surface area contributed by atoms with Gasteiger partial charge in [-0.1, -0.05) is 5.16 Å². The number of fused-ring (bicyclic) bond motifs is 2. The Labute approximate surface area is 146 Å². The number of carbonyl (C=O) groups excluding carboxylic acids is 1. The fourth-order valence-corrected chi connectivity index (χ4v) is 6.38. The number of piperazine rings is 1. The van der Waals surface area contributed by atoms with Crippen molar-refractivity contribution in [3.63, 3.8) is 0 Å². The summed E-state index contributed by atoms with van der Waals surface area (Å²) in [7, 11) is -3.19. The SMILES string of the molecule is O=C(c1noc2c1CCCC2)N1CCN(CCO)[C@@H]2CS(=O)(=O)C[C@@H]21. The number of hydrogen-bond donors (Lipinski definition) is 1. The van der Waals surface area contributed by atoms with E-state index in [9.17, 15) is 18.3 Å². The Morgan fingerprint density at radius 2 is 1.96 bits per heavy atom. The number of aliphatic hydroxyl groups is 1. The predicted octanol–water partition coefficient (Wildman–Crippen LogP) is -0.531. The van der Waals surface area contributed by atoms with Gasteiger partial charge in [-0.2, -0.15) is 0 Å². The molecule has 0 unspecified atom stereocenters. The van der Waals surface area contributed by atoms with Crippen LogP contribution in [0.3, 0.4) is 0 Å². The molecule has 9 heteroatoms. The number of carbonyl (C=O) groups is 1. The Bertz CT molecular complexity index is 775. The van der Waals surface area contributed by atoms with Crippen LogP contribution in [0.1, 0.15) is 34.7 Å². The van der Waals surface area contributed by atoms with E-state index in [1.807, 2.05) is 4.90 Å². The first-order valence-corrected chi connectivity index (χ1v) is 10.7. The molecule has 1 aromatic rings. The number of amides is 1. The summed E-state index contributed by atoms with van der Waals surface area (Å²) in [5.74, 6) is 0.593. The number of aliphatic hydroxyl groups excluding tert-OH is 1. The van der Waals surface area contributed by atoms with E-state index in [4.69, 9.17) is 4.52 Å². The monoisotopic (exact) mass is 369 g/mol. The molecule has 2 saturated heterocycles. The minimum absolute atomic E-state index is 0.0198. The lowest BCUT2D eigenvalue weighted by atomic mass is 9.95. The molecule has 0 spiro atoms. The van der Waals surface area contributed by atoms with E-state index in [0.29, 0.717) is 25.3 Å². The van der Waals surface area contributed by atoms with Gasteiger partial charge in [0.05, 0.1) is 24.2 Å². The molecule has 25 heavy (non-hydrogen) atoms. The maximum Gasteiger partial charge on any atom is 0.276 e. The van der Waals surface area contributed by atoms with E-state index in [2.05, 4.69) is 5.16 Å². The van der Waals surface area contributed by atoms with Crippen molar-refractivity contribution >= 4 is 15.7 Å². The molecule has 3 aliphatic rings. The molecule has 2 atom stereocenters. The minimum Gasteiger partial charge on any atom is -0.395 e. The van der Waals surface area contributed by atoms with Gasteiger partial charge in [-0.3, -0.25) is 9.69 Å². The molecular formula is C16H23N3O5S. The molecule has 0 saturated carbocycles. The summed E-state index contributed by atoms with van der Waals surface area (Å²) in [6.45, 7) is 1.41.